The molecule has 0 saturated carbocycles. The van der Waals surface area contributed by atoms with Crippen LogP contribution in [0, 0.1) is 23.2 Å². The highest BCUT2D eigenvalue weighted by Crippen LogP contribution is 2.17. The molecule has 19 heavy (non-hydrogen) atoms. The molecular weight excluding hydrogens is 244 g/mol. The Kier molecular flexibility index (Phi) is 5.73. The summed E-state index contributed by atoms with van der Waals surface area (Å²) in [7, 11) is 0. The minimum atomic E-state index is -0.813. The van der Waals surface area contributed by atoms with Crippen molar-refractivity contribution in [2.75, 3.05) is 11.9 Å². The third kappa shape index (κ3) is 5.34. The number of hydrogen-bond acceptors (Lipinski definition) is 5. The van der Waals surface area contributed by atoms with Gasteiger partial charge in [0.25, 0.3) is 0 Å². The highest BCUT2D eigenvalue weighted by atomic mass is 16.4. The van der Waals surface area contributed by atoms with Crippen LogP contribution in [-0.4, -0.2) is 27.6 Å². The minimum absolute atomic E-state index is 0.00560. The number of carboxylic acid groups (broad SMARTS) is 1. The van der Waals surface area contributed by atoms with Gasteiger partial charge in [0.2, 0.25) is 0 Å². The van der Waals surface area contributed by atoms with E-state index in [1.165, 1.54) is 12.4 Å². The first-order valence-electron chi connectivity index (χ1n) is 6.19. The SMILES string of the molecule is CC(C)CC(CNc1nccnc1C#N)CC(=O)O. The number of hydrogen-bond donors (Lipinski definition) is 2. The first kappa shape index (κ1) is 14.9. The zero-order valence-electron chi connectivity index (χ0n) is 11.1. The Morgan fingerprint density at radius 2 is 2.16 bits per heavy atom. The maximum atomic E-state index is 10.8. The number of carbonyl (C=O) groups is 1. The van der Waals surface area contributed by atoms with Gasteiger partial charge in [0, 0.05) is 25.4 Å². The van der Waals surface area contributed by atoms with Gasteiger partial charge in [-0.15, -0.1) is 0 Å². The lowest BCUT2D eigenvalue weighted by Gasteiger charge is -2.18. The molecule has 0 spiro atoms. The highest BCUT2D eigenvalue weighted by molar-refractivity contribution is 5.67. The fraction of sp³-hybridized carbons (Fsp3) is 0.538. The first-order valence-corrected chi connectivity index (χ1v) is 6.19. The number of nitriles is 1. The zero-order chi connectivity index (χ0) is 14.3. The number of nitrogens with one attached hydrogen (secondary N) is 1. The molecule has 0 bridgehead atoms. The lowest BCUT2D eigenvalue weighted by molar-refractivity contribution is -0.138. The summed E-state index contributed by atoms with van der Waals surface area (Å²) < 4.78 is 0. The van der Waals surface area contributed by atoms with E-state index in [0.717, 1.165) is 6.42 Å². The summed E-state index contributed by atoms with van der Waals surface area (Å²) in [6.07, 6.45) is 3.86. The Morgan fingerprint density at radius 1 is 1.47 bits per heavy atom. The van der Waals surface area contributed by atoms with Crippen LogP contribution in [0.3, 0.4) is 0 Å². The topological polar surface area (TPSA) is 98.9 Å². The van der Waals surface area contributed by atoms with Crippen LogP contribution in [0.2, 0.25) is 0 Å². The van der Waals surface area contributed by atoms with Crippen molar-refractivity contribution in [3.63, 3.8) is 0 Å². The van der Waals surface area contributed by atoms with Crippen LogP contribution in [-0.2, 0) is 4.79 Å². The van der Waals surface area contributed by atoms with E-state index in [1.807, 2.05) is 6.07 Å². The summed E-state index contributed by atoms with van der Waals surface area (Å²) in [5.74, 6) is 0.0192. The van der Waals surface area contributed by atoms with Crippen LogP contribution >= 0.6 is 0 Å². The molecule has 102 valence electrons. The van der Waals surface area contributed by atoms with Crippen molar-refractivity contribution in [2.45, 2.75) is 26.7 Å². The van der Waals surface area contributed by atoms with Crippen LogP contribution in [0.1, 0.15) is 32.4 Å². The molecule has 0 aliphatic heterocycles. The Bertz CT molecular complexity index is 468. The van der Waals surface area contributed by atoms with Gasteiger partial charge in [-0.2, -0.15) is 5.26 Å². The van der Waals surface area contributed by atoms with E-state index >= 15 is 0 Å². The van der Waals surface area contributed by atoms with E-state index < -0.39 is 5.97 Å². The minimum Gasteiger partial charge on any atom is -0.481 e. The fourth-order valence-corrected chi connectivity index (χ4v) is 1.94. The van der Waals surface area contributed by atoms with Crippen molar-refractivity contribution in [2.24, 2.45) is 11.8 Å². The van der Waals surface area contributed by atoms with Crippen LogP contribution in [0.25, 0.3) is 0 Å². The van der Waals surface area contributed by atoms with Gasteiger partial charge >= 0.3 is 5.97 Å². The molecule has 0 saturated heterocycles. The molecule has 1 atom stereocenters. The number of rotatable bonds is 7. The average Bonchev–Trinajstić information content (AvgIpc) is 2.35. The van der Waals surface area contributed by atoms with Gasteiger partial charge in [-0.05, 0) is 18.3 Å². The number of nitrogens with zero attached hydrogens (tertiary/aromatic N) is 3. The molecule has 1 heterocycles. The van der Waals surface area contributed by atoms with Crippen molar-refractivity contribution in [1.82, 2.24) is 9.97 Å². The van der Waals surface area contributed by atoms with E-state index in [0.29, 0.717) is 18.3 Å². The number of aliphatic carboxylic acids is 1. The molecule has 0 radical (unpaired) electrons. The van der Waals surface area contributed by atoms with Crippen LogP contribution in [0.5, 0.6) is 0 Å². The molecule has 0 aliphatic rings. The van der Waals surface area contributed by atoms with Crippen LogP contribution in [0.15, 0.2) is 12.4 Å². The smallest absolute Gasteiger partial charge is 0.303 e. The summed E-state index contributed by atoms with van der Waals surface area (Å²) in [6, 6.07) is 1.95. The summed E-state index contributed by atoms with van der Waals surface area (Å²) in [5, 5.41) is 20.8. The van der Waals surface area contributed by atoms with Crippen LogP contribution in [0.4, 0.5) is 5.82 Å². The summed E-state index contributed by atoms with van der Waals surface area (Å²) >= 11 is 0. The Hall–Kier alpha value is -2.16. The maximum Gasteiger partial charge on any atom is 0.303 e. The molecule has 1 aromatic heterocycles. The van der Waals surface area contributed by atoms with Gasteiger partial charge in [-0.1, -0.05) is 13.8 Å². The van der Waals surface area contributed by atoms with E-state index in [4.69, 9.17) is 10.4 Å². The molecule has 6 nitrogen and oxygen atoms in total. The van der Waals surface area contributed by atoms with Crippen molar-refractivity contribution < 1.29 is 9.90 Å². The first-order chi connectivity index (χ1) is 9.02. The van der Waals surface area contributed by atoms with Crippen molar-refractivity contribution >= 4 is 11.8 Å². The highest BCUT2D eigenvalue weighted by Gasteiger charge is 2.16. The molecule has 0 aromatic carbocycles. The zero-order valence-corrected chi connectivity index (χ0v) is 11.1. The van der Waals surface area contributed by atoms with E-state index in [1.54, 1.807) is 0 Å². The average molecular weight is 262 g/mol. The molecule has 0 amide bonds. The molecule has 0 aliphatic carbocycles. The molecule has 1 rings (SSSR count). The molecule has 1 unspecified atom stereocenters. The number of aromatic nitrogens is 2. The number of anilines is 1. The molecule has 2 N–H and O–H groups in total. The van der Waals surface area contributed by atoms with Crippen molar-refractivity contribution in [3.05, 3.63) is 18.1 Å². The van der Waals surface area contributed by atoms with E-state index in [9.17, 15) is 4.79 Å². The largest absolute Gasteiger partial charge is 0.481 e. The predicted octanol–water partition coefficient (Wildman–Crippen LogP) is 1.90. The Balaban J connectivity index is 2.65. The standard InChI is InChI=1S/C13H18N4O2/c1-9(2)5-10(6-12(18)19)8-17-13-11(7-14)15-3-4-16-13/h3-4,9-10H,5-6,8H2,1-2H3,(H,16,17)(H,18,19). The van der Waals surface area contributed by atoms with Crippen molar-refractivity contribution in [3.8, 4) is 6.07 Å². The predicted molar refractivity (Wildman–Crippen MR) is 70.4 cm³/mol. The molecule has 6 heteroatoms. The Morgan fingerprint density at radius 3 is 2.74 bits per heavy atom. The normalized spacial score (nSPS) is 11.9. The third-order valence-corrected chi connectivity index (χ3v) is 2.63. The maximum absolute atomic E-state index is 10.8. The third-order valence-electron chi connectivity index (χ3n) is 2.63. The quantitative estimate of drug-likeness (QED) is 0.778. The molecule has 0 fully saturated rings. The van der Waals surface area contributed by atoms with E-state index in [2.05, 4.69) is 29.1 Å². The van der Waals surface area contributed by atoms with Gasteiger partial charge in [0.1, 0.15) is 6.07 Å². The number of carboxylic acids is 1. The second kappa shape index (κ2) is 7.31. The van der Waals surface area contributed by atoms with Gasteiger partial charge in [-0.25, -0.2) is 9.97 Å². The van der Waals surface area contributed by atoms with Gasteiger partial charge in [-0.3, -0.25) is 4.79 Å². The molecule has 1 aromatic rings. The van der Waals surface area contributed by atoms with Gasteiger partial charge < -0.3 is 10.4 Å². The van der Waals surface area contributed by atoms with E-state index in [-0.39, 0.29) is 18.0 Å². The van der Waals surface area contributed by atoms with Gasteiger partial charge in [0.15, 0.2) is 11.5 Å². The molecular formula is C13H18N4O2. The van der Waals surface area contributed by atoms with Gasteiger partial charge in [0.05, 0.1) is 0 Å². The summed E-state index contributed by atoms with van der Waals surface area (Å²) in [5.41, 5.74) is 0.223. The van der Waals surface area contributed by atoms with Crippen molar-refractivity contribution in [1.29, 1.82) is 5.26 Å². The lowest BCUT2D eigenvalue weighted by Crippen LogP contribution is -2.20. The fourth-order valence-electron chi connectivity index (χ4n) is 1.94. The second-order valence-electron chi connectivity index (χ2n) is 4.84. The van der Waals surface area contributed by atoms with Crippen LogP contribution < -0.4 is 5.32 Å². The second-order valence-corrected chi connectivity index (χ2v) is 4.84. The summed E-state index contributed by atoms with van der Waals surface area (Å²) in [4.78, 5) is 18.7. The summed E-state index contributed by atoms with van der Waals surface area (Å²) in [6.45, 7) is 4.58. The lowest BCUT2D eigenvalue weighted by atomic mass is 9.94. The Labute approximate surface area is 112 Å². The monoisotopic (exact) mass is 262 g/mol.